The maximum absolute atomic E-state index is 12.1. The number of hydrogen-bond acceptors (Lipinski definition) is 6. The van der Waals surface area contributed by atoms with Crippen molar-refractivity contribution in [2.24, 2.45) is 5.73 Å². The summed E-state index contributed by atoms with van der Waals surface area (Å²) in [6.45, 7) is 5.79. The van der Waals surface area contributed by atoms with E-state index in [-0.39, 0.29) is 18.5 Å². The highest BCUT2D eigenvalue weighted by Gasteiger charge is 2.36. The number of amides is 1. The molecule has 148 valence electrons. The molecule has 1 aliphatic heterocycles. The predicted molar refractivity (Wildman–Crippen MR) is 108 cm³/mol. The second-order valence-corrected chi connectivity index (χ2v) is 9.10. The lowest BCUT2D eigenvalue weighted by Gasteiger charge is -2.48. The lowest BCUT2D eigenvalue weighted by atomic mass is 10.1. The van der Waals surface area contributed by atoms with E-state index in [9.17, 15) is 9.35 Å². The van der Waals surface area contributed by atoms with Crippen LogP contribution in [0.25, 0.3) is 10.8 Å². The van der Waals surface area contributed by atoms with Crippen LogP contribution in [0.5, 0.6) is 0 Å². The fraction of sp³-hybridized carbons (Fsp3) is 0.474. The Bertz CT molecular complexity index is 828. The molecule has 0 spiro atoms. The van der Waals surface area contributed by atoms with Gasteiger partial charge in [-0.05, 0) is 31.9 Å². The normalized spacial score (nSPS) is 22.3. The average Bonchev–Trinajstić information content (AvgIpc) is 2.88. The number of carbonyl (C=O) groups excluding carboxylic acids is 1. The molecular weight excluding hydrogens is 364 g/mol. The van der Waals surface area contributed by atoms with Gasteiger partial charge in [-0.25, -0.2) is 0 Å². The number of carbonyl (C=O) groups is 1. The molecule has 1 fully saturated rings. The van der Waals surface area contributed by atoms with Gasteiger partial charge >= 0.3 is 0 Å². The van der Waals surface area contributed by atoms with Crippen LogP contribution in [0, 0.1) is 6.92 Å². The van der Waals surface area contributed by atoms with Crippen molar-refractivity contribution in [3.8, 4) is 0 Å². The van der Waals surface area contributed by atoms with Gasteiger partial charge in [0.15, 0.2) is 0 Å². The highest BCUT2D eigenvalue weighted by Crippen LogP contribution is 2.59. The van der Waals surface area contributed by atoms with Crippen molar-refractivity contribution in [1.29, 1.82) is 0 Å². The first kappa shape index (κ1) is 20.0. The molecule has 0 bridgehead atoms. The smallest absolute Gasteiger partial charge is 0.236 e. The molecule has 27 heavy (non-hydrogen) atoms. The number of nitrogens with zero attached hydrogens (tertiary/aromatic N) is 3. The molecular formula is C19H28N4O3S. The molecule has 8 heteroatoms. The van der Waals surface area contributed by atoms with Crippen molar-refractivity contribution in [1.82, 2.24) is 14.2 Å². The first-order chi connectivity index (χ1) is 12.9. The van der Waals surface area contributed by atoms with Gasteiger partial charge in [-0.15, -0.1) is 10.8 Å². The summed E-state index contributed by atoms with van der Waals surface area (Å²) in [6, 6.07) is 5.76. The van der Waals surface area contributed by atoms with E-state index in [0.717, 1.165) is 27.7 Å². The standard InChI is InChI=1S/C19H28N4O3S/c1-14-11-21-12-16-6-4-7-17(19(14)16)27(25,26-3)23-9-5-8-22(13-15(23)2)18(24)10-20/h4,6-7,11-12,15,25H,5,8-10,13,20H2,1-3H3/t15-/m0/s1. The Labute approximate surface area is 162 Å². The van der Waals surface area contributed by atoms with Crippen LogP contribution in [0.4, 0.5) is 0 Å². The number of hydrogen-bond donors (Lipinski definition) is 2. The Hall–Kier alpha value is -1.71. The SMILES string of the molecule is COS(O)(c1cccc2cncc(C)c12)N1CCCN(C(=O)CN)C[C@@H]1C. The lowest BCUT2D eigenvalue weighted by Crippen LogP contribution is -2.44. The van der Waals surface area contributed by atoms with E-state index >= 15 is 0 Å². The predicted octanol–water partition coefficient (Wildman–Crippen LogP) is 2.54. The molecule has 2 heterocycles. The molecule has 0 saturated carbocycles. The molecule has 1 unspecified atom stereocenters. The Morgan fingerprint density at radius 3 is 2.89 bits per heavy atom. The summed E-state index contributed by atoms with van der Waals surface area (Å²) in [5.41, 5.74) is 6.53. The topological polar surface area (TPSA) is 91.9 Å². The van der Waals surface area contributed by atoms with Crippen LogP contribution in [0.2, 0.25) is 0 Å². The van der Waals surface area contributed by atoms with E-state index in [1.807, 2.05) is 36.4 Å². The van der Waals surface area contributed by atoms with Crippen LogP contribution in [0.1, 0.15) is 18.9 Å². The number of pyridine rings is 1. The molecule has 1 aliphatic rings. The highest BCUT2D eigenvalue weighted by molar-refractivity contribution is 8.23. The van der Waals surface area contributed by atoms with Crippen LogP contribution >= 0.6 is 10.8 Å². The summed E-state index contributed by atoms with van der Waals surface area (Å²) in [7, 11) is -1.15. The fourth-order valence-corrected chi connectivity index (χ4v) is 6.12. The van der Waals surface area contributed by atoms with Gasteiger partial charge < -0.3 is 10.6 Å². The molecule has 1 saturated heterocycles. The first-order valence-corrected chi connectivity index (χ1v) is 10.6. The van der Waals surface area contributed by atoms with Crippen molar-refractivity contribution >= 4 is 27.5 Å². The number of rotatable bonds is 4. The van der Waals surface area contributed by atoms with Crippen LogP contribution in [-0.2, 0) is 8.98 Å². The van der Waals surface area contributed by atoms with E-state index in [1.165, 1.54) is 0 Å². The number of aromatic nitrogens is 1. The summed E-state index contributed by atoms with van der Waals surface area (Å²) in [5.74, 6) is -0.0632. The quantitative estimate of drug-likeness (QED) is 0.831. The Kier molecular flexibility index (Phi) is 6.02. The van der Waals surface area contributed by atoms with Crippen LogP contribution < -0.4 is 5.73 Å². The third-order valence-corrected chi connectivity index (χ3v) is 7.64. The zero-order valence-electron chi connectivity index (χ0n) is 16.1. The van der Waals surface area contributed by atoms with Gasteiger partial charge in [0.2, 0.25) is 5.91 Å². The van der Waals surface area contributed by atoms with E-state index in [0.29, 0.717) is 19.6 Å². The molecule has 2 aromatic rings. The van der Waals surface area contributed by atoms with Gasteiger partial charge in [-0.3, -0.25) is 18.5 Å². The minimum atomic E-state index is -2.70. The zero-order chi connectivity index (χ0) is 19.6. The summed E-state index contributed by atoms with van der Waals surface area (Å²) in [5, 5.41) is 1.94. The maximum atomic E-state index is 12.1. The van der Waals surface area contributed by atoms with Gasteiger partial charge in [0.25, 0.3) is 0 Å². The molecule has 3 rings (SSSR count). The molecule has 1 aromatic carbocycles. The van der Waals surface area contributed by atoms with Crippen molar-refractivity contribution in [2.45, 2.75) is 31.2 Å². The van der Waals surface area contributed by atoms with Gasteiger partial charge in [0.1, 0.15) is 0 Å². The van der Waals surface area contributed by atoms with Gasteiger partial charge in [0.05, 0.1) is 18.6 Å². The number of aryl methyl sites for hydroxylation is 1. The maximum Gasteiger partial charge on any atom is 0.236 e. The first-order valence-electron chi connectivity index (χ1n) is 9.11. The minimum Gasteiger partial charge on any atom is -0.340 e. The van der Waals surface area contributed by atoms with E-state index in [2.05, 4.69) is 4.98 Å². The number of nitrogens with two attached hydrogens (primary N) is 1. The van der Waals surface area contributed by atoms with Gasteiger partial charge in [0, 0.05) is 48.8 Å². The lowest BCUT2D eigenvalue weighted by molar-refractivity contribution is -0.129. The Balaban J connectivity index is 2.04. The van der Waals surface area contributed by atoms with Crippen molar-refractivity contribution in [2.75, 3.05) is 33.3 Å². The highest BCUT2D eigenvalue weighted by atomic mass is 32.3. The summed E-state index contributed by atoms with van der Waals surface area (Å²) >= 11 is 0. The molecule has 0 radical (unpaired) electrons. The second kappa shape index (κ2) is 8.12. The molecule has 2 atom stereocenters. The average molecular weight is 393 g/mol. The third-order valence-electron chi connectivity index (χ3n) is 5.08. The largest absolute Gasteiger partial charge is 0.340 e. The van der Waals surface area contributed by atoms with E-state index in [1.54, 1.807) is 24.4 Å². The number of benzene rings is 1. The zero-order valence-corrected chi connectivity index (χ0v) is 16.9. The number of fused-ring (bicyclic) bond motifs is 1. The Morgan fingerprint density at radius 2 is 2.19 bits per heavy atom. The van der Waals surface area contributed by atoms with Gasteiger partial charge in [-0.2, -0.15) is 4.31 Å². The molecule has 0 aliphatic carbocycles. The summed E-state index contributed by atoms with van der Waals surface area (Å²) in [4.78, 5) is 18.9. The summed E-state index contributed by atoms with van der Waals surface area (Å²) in [6.07, 6.45) is 4.35. The molecule has 7 nitrogen and oxygen atoms in total. The van der Waals surface area contributed by atoms with Crippen LogP contribution in [0.15, 0.2) is 35.5 Å². The van der Waals surface area contributed by atoms with Crippen LogP contribution in [0.3, 0.4) is 0 Å². The third kappa shape index (κ3) is 3.68. The summed E-state index contributed by atoms with van der Waals surface area (Å²) < 4.78 is 19.6. The van der Waals surface area contributed by atoms with E-state index in [4.69, 9.17) is 9.92 Å². The molecule has 1 amide bonds. The second-order valence-electron chi connectivity index (χ2n) is 6.86. The van der Waals surface area contributed by atoms with Crippen molar-refractivity contribution in [3.05, 3.63) is 36.2 Å². The van der Waals surface area contributed by atoms with Gasteiger partial charge in [-0.1, -0.05) is 12.1 Å². The Morgan fingerprint density at radius 1 is 1.41 bits per heavy atom. The molecule has 1 aromatic heterocycles. The fourth-order valence-electron chi connectivity index (χ4n) is 3.77. The van der Waals surface area contributed by atoms with Crippen molar-refractivity contribution < 1.29 is 13.5 Å². The van der Waals surface area contributed by atoms with Crippen molar-refractivity contribution in [3.63, 3.8) is 0 Å². The van der Waals surface area contributed by atoms with Crippen LogP contribution in [-0.4, -0.2) is 64.0 Å². The van der Waals surface area contributed by atoms with E-state index < -0.39 is 10.8 Å². The monoisotopic (exact) mass is 392 g/mol. The molecule has 3 N–H and O–H groups in total. The minimum absolute atomic E-state index is 0.00361.